The molecule has 1 aliphatic rings. The minimum absolute atomic E-state index is 0.00902. The fraction of sp³-hybridized carbons (Fsp3) is 0.438. The molecule has 2 rings (SSSR count). The normalized spacial score (nSPS) is 20.4. The fourth-order valence-electron chi connectivity index (χ4n) is 2.39. The molecule has 1 atom stereocenters. The maximum atomic E-state index is 13.2. The number of amides is 2. The number of nitrogens with zero attached hydrogens (tertiary/aromatic N) is 2. The van der Waals surface area contributed by atoms with Crippen LogP contribution in [0.4, 0.5) is 13.2 Å². The lowest BCUT2D eigenvalue weighted by Gasteiger charge is -2.32. The summed E-state index contributed by atoms with van der Waals surface area (Å²) >= 11 is 0. The van der Waals surface area contributed by atoms with Gasteiger partial charge in [-0.15, -0.1) is 0 Å². The summed E-state index contributed by atoms with van der Waals surface area (Å²) in [4.78, 5) is 23.9. The molecule has 2 N–H and O–H groups in total. The fourth-order valence-corrected chi connectivity index (χ4v) is 2.39. The van der Waals surface area contributed by atoms with Crippen LogP contribution in [0, 0.1) is 0 Å². The predicted molar refractivity (Wildman–Crippen MR) is 83.3 cm³/mol. The van der Waals surface area contributed by atoms with Gasteiger partial charge < -0.3 is 10.4 Å². The van der Waals surface area contributed by atoms with E-state index in [0.717, 1.165) is 5.56 Å². The molecule has 0 aromatic heterocycles. The lowest BCUT2D eigenvalue weighted by atomic mass is 10.1. The number of aliphatic hydroxyl groups is 1. The summed E-state index contributed by atoms with van der Waals surface area (Å²) in [6, 6.07) is 9.05. The van der Waals surface area contributed by atoms with E-state index in [1.54, 1.807) is 19.1 Å². The monoisotopic (exact) mass is 357 g/mol. The SMILES string of the molecule is CCC1=NN(C(=O)C(=O)NCCc2ccccc2)C(O)(C(F)(F)F)C1. The van der Waals surface area contributed by atoms with Crippen LogP contribution in [0.5, 0.6) is 0 Å². The van der Waals surface area contributed by atoms with E-state index < -0.39 is 30.1 Å². The van der Waals surface area contributed by atoms with Crippen LogP contribution in [0.2, 0.25) is 0 Å². The summed E-state index contributed by atoms with van der Waals surface area (Å²) in [5, 5.41) is 15.5. The van der Waals surface area contributed by atoms with E-state index in [0.29, 0.717) is 6.42 Å². The lowest BCUT2D eigenvalue weighted by Crippen LogP contribution is -2.59. The molecule has 6 nitrogen and oxygen atoms in total. The Morgan fingerprint density at radius 2 is 1.96 bits per heavy atom. The van der Waals surface area contributed by atoms with Crippen molar-refractivity contribution in [2.75, 3.05) is 6.54 Å². The first-order valence-electron chi connectivity index (χ1n) is 7.71. The molecule has 1 heterocycles. The zero-order valence-electron chi connectivity index (χ0n) is 13.5. The number of carbonyl (C=O) groups excluding carboxylic acids is 2. The Kier molecular flexibility index (Phi) is 5.46. The van der Waals surface area contributed by atoms with Gasteiger partial charge in [0, 0.05) is 18.7 Å². The van der Waals surface area contributed by atoms with Gasteiger partial charge >= 0.3 is 18.0 Å². The topological polar surface area (TPSA) is 82.0 Å². The molecule has 0 spiro atoms. The van der Waals surface area contributed by atoms with Crippen LogP contribution in [0.1, 0.15) is 25.3 Å². The van der Waals surface area contributed by atoms with Gasteiger partial charge in [0.1, 0.15) is 0 Å². The summed E-state index contributed by atoms with van der Waals surface area (Å²) in [6.07, 6.45) is -5.46. The minimum atomic E-state index is -5.13. The number of hydrogen-bond donors (Lipinski definition) is 2. The highest BCUT2D eigenvalue weighted by atomic mass is 19.4. The molecular weight excluding hydrogens is 339 g/mol. The molecule has 0 saturated carbocycles. The third-order valence-electron chi connectivity index (χ3n) is 3.83. The van der Waals surface area contributed by atoms with Crippen molar-refractivity contribution in [2.24, 2.45) is 5.10 Å². The third-order valence-corrected chi connectivity index (χ3v) is 3.83. The van der Waals surface area contributed by atoms with Crippen molar-refractivity contribution < 1.29 is 27.9 Å². The van der Waals surface area contributed by atoms with E-state index in [1.807, 2.05) is 18.2 Å². The summed E-state index contributed by atoms with van der Waals surface area (Å²) in [5.41, 5.74) is -2.61. The van der Waals surface area contributed by atoms with E-state index in [9.17, 15) is 27.9 Å². The average molecular weight is 357 g/mol. The van der Waals surface area contributed by atoms with Crippen molar-refractivity contribution >= 4 is 17.5 Å². The van der Waals surface area contributed by atoms with Gasteiger partial charge in [-0.3, -0.25) is 9.59 Å². The van der Waals surface area contributed by atoms with Crippen molar-refractivity contribution in [3.8, 4) is 0 Å². The molecule has 0 radical (unpaired) electrons. The van der Waals surface area contributed by atoms with Gasteiger partial charge in [-0.2, -0.15) is 23.3 Å². The molecule has 25 heavy (non-hydrogen) atoms. The molecule has 1 aromatic carbocycles. The molecule has 1 unspecified atom stereocenters. The van der Waals surface area contributed by atoms with E-state index in [2.05, 4.69) is 10.4 Å². The Labute approximate surface area is 142 Å². The summed E-state index contributed by atoms with van der Waals surface area (Å²) in [7, 11) is 0. The van der Waals surface area contributed by atoms with Crippen LogP contribution in [-0.2, 0) is 16.0 Å². The molecule has 1 aromatic rings. The second-order valence-corrected chi connectivity index (χ2v) is 5.62. The number of rotatable bonds is 4. The van der Waals surface area contributed by atoms with Crippen LogP contribution in [-0.4, -0.2) is 46.1 Å². The zero-order chi connectivity index (χ0) is 18.7. The molecular formula is C16H18F3N3O3. The van der Waals surface area contributed by atoms with Crippen LogP contribution < -0.4 is 5.32 Å². The molecule has 2 amide bonds. The highest BCUT2D eigenvalue weighted by Crippen LogP contribution is 2.40. The van der Waals surface area contributed by atoms with Crippen molar-refractivity contribution in [1.82, 2.24) is 10.3 Å². The number of nitrogens with one attached hydrogen (secondary N) is 1. The predicted octanol–water partition coefficient (Wildman–Crippen LogP) is 1.59. The number of halogens is 3. The Bertz CT molecular complexity index is 676. The molecule has 136 valence electrons. The van der Waals surface area contributed by atoms with Gasteiger partial charge in [-0.25, -0.2) is 0 Å². The van der Waals surface area contributed by atoms with Crippen LogP contribution >= 0.6 is 0 Å². The number of carbonyl (C=O) groups is 2. The van der Waals surface area contributed by atoms with Crippen LogP contribution in [0.25, 0.3) is 0 Å². The number of alkyl halides is 3. The van der Waals surface area contributed by atoms with Gasteiger partial charge in [-0.1, -0.05) is 37.3 Å². The van der Waals surface area contributed by atoms with Gasteiger partial charge in [0.05, 0.1) is 0 Å². The van der Waals surface area contributed by atoms with Crippen LogP contribution in [0.3, 0.4) is 0 Å². The largest absolute Gasteiger partial charge is 0.438 e. The van der Waals surface area contributed by atoms with Crippen molar-refractivity contribution in [3.05, 3.63) is 35.9 Å². The van der Waals surface area contributed by atoms with Gasteiger partial charge in [0.15, 0.2) is 0 Å². The van der Waals surface area contributed by atoms with E-state index >= 15 is 0 Å². The third kappa shape index (κ3) is 3.98. The number of hydrogen-bond acceptors (Lipinski definition) is 4. The second kappa shape index (κ2) is 7.22. The minimum Gasteiger partial charge on any atom is -0.362 e. The van der Waals surface area contributed by atoms with Gasteiger partial charge in [-0.05, 0) is 18.4 Å². The van der Waals surface area contributed by atoms with Crippen LogP contribution in [0.15, 0.2) is 35.4 Å². The highest BCUT2D eigenvalue weighted by Gasteiger charge is 2.63. The molecule has 1 aliphatic heterocycles. The Morgan fingerprint density at radius 1 is 1.32 bits per heavy atom. The lowest BCUT2D eigenvalue weighted by molar-refractivity contribution is -0.301. The first-order valence-corrected chi connectivity index (χ1v) is 7.71. The molecule has 9 heteroatoms. The second-order valence-electron chi connectivity index (χ2n) is 5.62. The zero-order valence-corrected chi connectivity index (χ0v) is 13.5. The van der Waals surface area contributed by atoms with E-state index in [4.69, 9.17) is 0 Å². The number of hydrazone groups is 1. The smallest absolute Gasteiger partial charge is 0.362 e. The molecule has 0 bridgehead atoms. The first-order chi connectivity index (χ1) is 11.7. The Balaban J connectivity index is 2.04. The van der Waals surface area contributed by atoms with Gasteiger partial charge in [0.25, 0.3) is 5.72 Å². The Hall–Kier alpha value is -2.42. The molecule has 0 aliphatic carbocycles. The summed E-state index contributed by atoms with van der Waals surface area (Å²) < 4.78 is 39.5. The van der Waals surface area contributed by atoms with Crippen molar-refractivity contribution in [3.63, 3.8) is 0 Å². The highest BCUT2D eigenvalue weighted by molar-refractivity contribution is 6.35. The van der Waals surface area contributed by atoms with E-state index in [-0.39, 0.29) is 23.7 Å². The first kappa shape index (κ1) is 18.9. The van der Waals surface area contributed by atoms with Crippen molar-refractivity contribution in [2.45, 2.75) is 38.1 Å². The Morgan fingerprint density at radius 3 is 2.52 bits per heavy atom. The standard InChI is InChI=1S/C16H18F3N3O3/c1-2-12-10-15(25,16(17,18)19)22(21-12)14(24)13(23)20-9-8-11-6-4-3-5-7-11/h3-7,25H,2,8-10H2,1H3,(H,20,23). The van der Waals surface area contributed by atoms with Crippen molar-refractivity contribution in [1.29, 1.82) is 0 Å². The maximum absolute atomic E-state index is 13.2. The molecule has 0 saturated heterocycles. The maximum Gasteiger partial charge on any atom is 0.438 e. The quantitative estimate of drug-likeness (QED) is 0.803. The van der Waals surface area contributed by atoms with E-state index in [1.165, 1.54) is 0 Å². The summed E-state index contributed by atoms with van der Waals surface area (Å²) in [5.74, 6) is -2.80. The van der Waals surface area contributed by atoms with Gasteiger partial charge in [0.2, 0.25) is 0 Å². The molecule has 0 fully saturated rings. The average Bonchev–Trinajstić information content (AvgIpc) is 2.93. The summed E-state index contributed by atoms with van der Waals surface area (Å²) in [6.45, 7) is 1.61. The number of benzene rings is 1.